The van der Waals surface area contributed by atoms with E-state index in [1.807, 2.05) is 24.7 Å². The van der Waals surface area contributed by atoms with E-state index >= 15 is 0 Å². The Hall–Kier alpha value is -1.59. The summed E-state index contributed by atoms with van der Waals surface area (Å²) in [6, 6.07) is 5.49. The van der Waals surface area contributed by atoms with Crippen LogP contribution in [-0.2, 0) is 6.54 Å². The molecular formula is C14H17ClN4S. The smallest absolute Gasteiger partial charge is 0.106 e. The quantitative estimate of drug-likeness (QED) is 0.610. The van der Waals surface area contributed by atoms with Crippen molar-refractivity contribution in [3.05, 3.63) is 47.5 Å². The predicted molar refractivity (Wildman–Crippen MR) is 87.3 cm³/mol. The number of anilines is 1. The first kappa shape index (κ1) is 14.8. The van der Waals surface area contributed by atoms with E-state index in [0.717, 1.165) is 37.2 Å². The van der Waals surface area contributed by atoms with Gasteiger partial charge >= 0.3 is 0 Å². The first-order valence-corrected chi connectivity index (χ1v) is 7.24. The van der Waals surface area contributed by atoms with Gasteiger partial charge in [-0.15, -0.1) is 0 Å². The molecule has 0 saturated carbocycles. The molecule has 1 aromatic carbocycles. The molecule has 0 atom stereocenters. The van der Waals surface area contributed by atoms with Crippen LogP contribution < -0.4 is 11.1 Å². The van der Waals surface area contributed by atoms with Crippen LogP contribution in [0.3, 0.4) is 0 Å². The molecule has 20 heavy (non-hydrogen) atoms. The number of hydrogen-bond donors (Lipinski definition) is 2. The van der Waals surface area contributed by atoms with Crippen LogP contribution in [0.4, 0.5) is 5.69 Å². The molecule has 1 aromatic heterocycles. The molecule has 0 amide bonds. The van der Waals surface area contributed by atoms with Gasteiger partial charge in [-0.3, -0.25) is 0 Å². The number of nitrogens with one attached hydrogen (secondary N) is 1. The van der Waals surface area contributed by atoms with Crippen molar-refractivity contribution < 1.29 is 0 Å². The van der Waals surface area contributed by atoms with Crippen LogP contribution in [0.2, 0.25) is 5.02 Å². The van der Waals surface area contributed by atoms with Gasteiger partial charge < -0.3 is 15.6 Å². The minimum absolute atomic E-state index is 0.377. The Morgan fingerprint density at radius 3 is 2.95 bits per heavy atom. The van der Waals surface area contributed by atoms with Gasteiger partial charge in [0.1, 0.15) is 4.99 Å². The molecule has 0 aliphatic carbocycles. The summed E-state index contributed by atoms with van der Waals surface area (Å²) in [6.07, 6.45) is 7.71. The van der Waals surface area contributed by atoms with Gasteiger partial charge in [-0.2, -0.15) is 0 Å². The van der Waals surface area contributed by atoms with Gasteiger partial charge in [-0.05, 0) is 31.0 Å². The molecule has 0 spiro atoms. The molecule has 0 unspecified atom stereocenters. The van der Waals surface area contributed by atoms with Crippen molar-refractivity contribution in [3.63, 3.8) is 0 Å². The van der Waals surface area contributed by atoms with Crippen molar-refractivity contribution in [3.8, 4) is 0 Å². The molecule has 0 saturated heterocycles. The standard InChI is InChI=1S/C14H17ClN4S/c15-11-3-4-12(14(16)20)13(9-11)18-5-1-2-7-19-8-6-17-10-19/h3-4,6,8-10,18H,1-2,5,7H2,(H2,16,20). The minimum Gasteiger partial charge on any atom is -0.389 e. The summed E-state index contributed by atoms with van der Waals surface area (Å²) >= 11 is 11.0. The normalized spacial score (nSPS) is 10.4. The zero-order valence-electron chi connectivity index (χ0n) is 11.1. The van der Waals surface area contributed by atoms with E-state index in [9.17, 15) is 0 Å². The summed E-state index contributed by atoms with van der Waals surface area (Å²) in [5.74, 6) is 0. The van der Waals surface area contributed by atoms with Crippen molar-refractivity contribution >= 4 is 34.5 Å². The molecule has 0 bridgehead atoms. The number of hydrogen-bond acceptors (Lipinski definition) is 3. The zero-order valence-corrected chi connectivity index (χ0v) is 12.6. The highest BCUT2D eigenvalue weighted by Crippen LogP contribution is 2.21. The molecular weight excluding hydrogens is 292 g/mol. The maximum absolute atomic E-state index is 5.99. The number of aromatic nitrogens is 2. The summed E-state index contributed by atoms with van der Waals surface area (Å²) in [5.41, 5.74) is 7.43. The van der Waals surface area contributed by atoms with Gasteiger partial charge in [0.15, 0.2) is 0 Å². The maximum atomic E-state index is 5.99. The van der Waals surface area contributed by atoms with Gasteiger partial charge in [-0.1, -0.05) is 23.8 Å². The van der Waals surface area contributed by atoms with Crippen molar-refractivity contribution in [2.75, 3.05) is 11.9 Å². The maximum Gasteiger partial charge on any atom is 0.106 e. The Bertz CT molecular complexity index is 569. The number of nitrogens with two attached hydrogens (primary N) is 1. The minimum atomic E-state index is 0.377. The highest BCUT2D eigenvalue weighted by Gasteiger charge is 2.05. The first-order valence-electron chi connectivity index (χ1n) is 6.46. The Kier molecular flexibility index (Phi) is 5.38. The number of unbranched alkanes of at least 4 members (excludes halogenated alkanes) is 1. The van der Waals surface area contributed by atoms with Crippen LogP contribution in [0.5, 0.6) is 0 Å². The molecule has 2 rings (SSSR count). The van der Waals surface area contributed by atoms with E-state index in [1.165, 1.54) is 0 Å². The lowest BCUT2D eigenvalue weighted by Gasteiger charge is -2.11. The monoisotopic (exact) mass is 308 g/mol. The molecule has 0 radical (unpaired) electrons. The lowest BCUT2D eigenvalue weighted by Crippen LogP contribution is -2.14. The fourth-order valence-electron chi connectivity index (χ4n) is 1.94. The Morgan fingerprint density at radius 1 is 1.40 bits per heavy atom. The van der Waals surface area contributed by atoms with E-state index in [2.05, 4.69) is 14.9 Å². The largest absolute Gasteiger partial charge is 0.389 e. The van der Waals surface area contributed by atoms with Crippen LogP contribution in [0, 0.1) is 0 Å². The third-order valence-electron chi connectivity index (χ3n) is 2.96. The van der Waals surface area contributed by atoms with E-state index in [-0.39, 0.29) is 0 Å². The summed E-state index contributed by atoms with van der Waals surface area (Å²) in [5, 5.41) is 4.01. The van der Waals surface area contributed by atoms with Crippen LogP contribution in [0.25, 0.3) is 0 Å². The number of rotatable bonds is 7. The van der Waals surface area contributed by atoms with E-state index in [1.54, 1.807) is 12.3 Å². The second-order valence-corrected chi connectivity index (χ2v) is 5.36. The summed E-state index contributed by atoms with van der Waals surface area (Å²) in [4.78, 5) is 4.39. The molecule has 106 valence electrons. The lowest BCUT2D eigenvalue weighted by molar-refractivity contribution is 0.621. The molecule has 0 aliphatic rings. The number of imidazole rings is 1. The number of benzene rings is 1. The van der Waals surface area contributed by atoms with Crippen molar-refractivity contribution in [2.24, 2.45) is 5.73 Å². The molecule has 6 heteroatoms. The second kappa shape index (κ2) is 7.26. The molecule has 0 aliphatic heterocycles. The highest BCUT2D eigenvalue weighted by atomic mass is 35.5. The van der Waals surface area contributed by atoms with Crippen LogP contribution in [-0.4, -0.2) is 21.1 Å². The van der Waals surface area contributed by atoms with E-state index < -0.39 is 0 Å². The number of thiocarbonyl (C=S) groups is 1. The van der Waals surface area contributed by atoms with Gasteiger partial charge in [-0.25, -0.2) is 4.98 Å². The molecule has 4 nitrogen and oxygen atoms in total. The van der Waals surface area contributed by atoms with Crippen LogP contribution >= 0.6 is 23.8 Å². The third-order valence-corrected chi connectivity index (χ3v) is 3.42. The van der Waals surface area contributed by atoms with Crippen molar-refractivity contribution in [1.82, 2.24) is 9.55 Å². The number of aryl methyl sites for hydroxylation is 1. The summed E-state index contributed by atoms with van der Waals surface area (Å²) in [7, 11) is 0. The SMILES string of the molecule is NC(=S)c1ccc(Cl)cc1NCCCCn1ccnc1. The average molecular weight is 309 g/mol. The fourth-order valence-corrected chi connectivity index (χ4v) is 2.29. The van der Waals surface area contributed by atoms with E-state index in [0.29, 0.717) is 10.0 Å². The van der Waals surface area contributed by atoms with E-state index in [4.69, 9.17) is 29.6 Å². The van der Waals surface area contributed by atoms with Gasteiger partial charge in [0, 0.05) is 41.8 Å². The van der Waals surface area contributed by atoms with Crippen molar-refractivity contribution in [2.45, 2.75) is 19.4 Å². The topological polar surface area (TPSA) is 55.9 Å². The third kappa shape index (κ3) is 4.21. The zero-order chi connectivity index (χ0) is 14.4. The molecule has 3 N–H and O–H groups in total. The summed E-state index contributed by atoms with van der Waals surface area (Å²) in [6.45, 7) is 1.82. The fraction of sp³-hybridized carbons (Fsp3) is 0.286. The predicted octanol–water partition coefficient (Wildman–Crippen LogP) is 3.06. The Morgan fingerprint density at radius 2 is 2.25 bits per heavy atom. The molecule has 2 aromatic rings. The number of halogens is 1. The Balaban J connectivity index is 1.81. The summed E-state index contributed by atoms with van der Waals surface area (Å²) < 4.78 is 2.07. The van der Waals surface area contributed by atoms with Crippen LogP contribution in [0.1, 0.15) is 18.4 Å². The lowest BCUT2D eigenvalue weighted by atomic mass is 10.1. The molecule has 1 heterocycles. The number of nitrogens with zero attached hydrogens (tertiary/aromatic N) is 2. The molecule has 0 fully saturated rings. The van der Waals surface area contributed by atoms with Gasteiger partial charge in [0.2, 0.25) is 0 Å². The Labute approximate surface area is 129 Å². The van der Waals surface area contributed by atoms with Crippen LogP contribution in [0.15, 0.2) is 36.9 Å². The van der Waals surface area contributed by atoms with Crippen molar-refractivity contribution in [1.29, 1.82) is 0 Å². The second-order valence-electron chi connectivity index (χ2n) is 4.49. The van der Waals surface area contributed by atoms with Gasteiger partial charge in [0.05, 0.1) is 6.33 Å². The highest BCUT2D eigenvalue weighted by molar-refractivity contribution is 7.80. The van der Waals surface area contributed by atoms with Gasteiger partial charge in [0.25, 0.3) is 0 Å². The average Bonchev–Trinajstić information content (AvgIpc) is 2.91. The first-order chi connectivity index (χ1) is 9.66.